The fourth-order valence-electron chi connectivity index (χ4n) is 4.74. The Labute approximate surface area is 256 Å². The van der Waals surface area contributed by atoms with Crippen LogP contribution in [-0.2, 0) is 21.6 Å². The van der Waals surface area contributed by atoms with Crippen LogP contribution in [0.4, 0.5) is 4.39 Å². The second-order valence-electron chi connectivity index (χ2n) is 11.0. The summed E-state index contributed by atoms with van der Waals surface area (Å²) < 4.78 is 28.5. The maximum absolute atomic E-state index is 14.6. The molecule has 1 atom stereocenters. The third-order valence-corrected chi connectivity index (χ3v) is 8.35. The lowest BCUT2D eigenvalue weighted by Crippen LogP contribution is -2.56. The third kappa shape index (κ3) is 6.20. The van der Waals surface area contributed by atoms with Crippen LogP contribution in [0, 0.1) is 24.1 Å². The van der Waals surface area contributed by atoms with Gasteiger partial charge in [0.05, 0.1) is 44.1 Å². The largest absolute Gasteiger partial charge is 0.496 e. The molecule has 12 nitrogen and oxygen atoms in total. The van der Waals surface area contributed by atoms with Crippen molar-refractivity contribution in [2.45, 2.75) is 65.8 Å². The molecule has 4 rings (SSSR count). The summed E-state index contributed by atoms with van der Waals surface area (Å²) in [6, 6.07) is 5.72. The van der Waals surface area contributed by atoms with Crippen LogP contribution in [0.5, 0.6) is 5.75 Å². The molecule has 0 saturated heterocycles. The van der Waals surface area contributed by atoms with Gasteiger partial charge in [0.2, 0.25) is 5.91 Å². The molecule has 1 N–H and O–H groups in total. The Morgan fingerprint density at radius 1 is 1.25 bits per heavy atom. The normalized spacial score (nSPS) is 12.9. The zero-order valence-corrected chi connectivity index (χ0v) is 26.4. The summed E-state index contributed by atoms with van der Waals surface area (Å²) in [5.74, 6) is -0.752. The molecule has 232 valence electrons. The van der Waals surface area contributed by atoms with E-state index < -0.39 is 34.6 Å². The number of benzene rings is 1. The number of carbonyl (C=O) groups is 1. The van der Waals surface area contributed by atoms with Gasteiger partial charge < -0.3 is 14.8 Å². The highest BCUT2D eigenvalue weighted by Crippen LogP contribution is 2.34. The third-order valence-electron chi connectivity index (χ3n) is 7.07. The molecular formula is C30H34FN7O5S. The number of nitrogens with one attached hydrogen (secondary N) is 1. The predicted molar refractivity (Wildman–Crippen MR) is 164 cm³/mol. The molecule has 0 fully saturated rings. The van der Waals surface area contributed by atoms with Gasteiger partial charge in [-0.2, -0.15) is 15.5 Å². The summed E-state index contributed by atoms with van der Waals surface area (Å²) in [7, 11) is 1.43. The first-order chi connectivity index (χ1) is 20.8. The van der Waals surface area contributed by atoms with Crippen molar-refractivity contribution in [2.24, 2.45) is 0 Å². The van der Waals surface area contributed by atoms with Crippen LogP contribution in [0.2, 0.25) is 0 Å². The van der Waals surface area contributed by atoms with Crippen LogP contribution >= 0.6 is 11.3 Å². The second-order valence-corrected chi connectivity index (χ2v) is 11.9. The summed E-state index contributed by atoms with van der Waals surface area (Å²) in [4.78, 5) is 43.5. The molecule has 0 aliphatic rings. The molecular weight excluding hydrogens is 589 g/mol. The number of aromatic nitrogens is 5. The number of carbonyl (C=O) groups excluding carboxylic acids is 1. The van der Waals surface area contributed by atoms with Gasteiger partial charge in [0.15, 0.2) is 0 Å². The maximum Gasteiger partial charge on any atom is 0.333 e. The molecule has 0 unspecified atom stereocenters. The molecule has 14 heteroatoms. The van der Waals surface area contributed by atoms with Crippen molar-refractivity contribution in [1.82, 2.24) is 29.4 Å². The number of thiophene rings is 1. The Balaban J connectivity index is 2.03. The number of rotatable bonds is 11. The molecule has 0 aliphatic heterocycles. The van der Waals surface area contributed by atoms with Gasteiger partial charge in [-0.05, 0) is 65.8 Å². The Bertz CT molecular complexity index is 1880. The number of methoxy groups -OCH3 is 1. The van der Waals surface area contributed by atoms with E-state index >= 15 is 0 Å². The van der Waals surface area contributed by atoms with E-state index in [1.807, 2.05) is 6.07 Å². The van der Waals surface area contributed by atoms with Crippen molar-refractivity contribution in [2.75, 3.05) is 13.7 Å². The topological polar surface area (TPSA) is 146 Å². The highest BCUT2D eigenvalue weighted by atomic mass is 32.1. The van der Waals surface area contributed by atoms with Crippen molar-refractivity contribution in [1.29, 1.82) is 5.26 Å². The number of nitrogens with zero attached hydrogens (tertiary/aromatic N) is 6. The fourth-order valence-corrected chi connectivity index (χ4v) is 5.96. The summed E-state index contributed by atoms with van der Waals surface area (Å²) in [6.07, 6.45) is 3.57. The minimum absolute atomic E-state index is 0.0323. The standard InChI is InChI=1S/C30H34FN7O5S/c1-17(2)35-28(40)30(5,6)37-25(39)24-19(4)26(38-33-11-12-34-38)44-27(24)36(29(37)41)16-23(43-13-10-18(3)15-32)21-14-20(31)8-9-22(21)42-7/h8-12,14,17,23H,13,16H2,1-7H3,(H,35,40)/t23-/m0/s1. The molecule has 0 radical (unpaired) electrons. The number of hydrogen-bond donors (Lipinski definition) is 1. The number of hydrogen-bond acceptors (Lipinski definition) is 9. The molecule has 3 aromatic heterocycles. The first kappa shape index (κ1) is 32.3. The van der Waals surface area contributed by atoms with Crippen LogP contribution in [0.25, 0.3) is 15.2 Å². The van der Waals surface area contributed by atoms with E-state index in [1.165, 1.54) is 60.9 Å². The number of ether oxygens (including phenoxy) is 2. The number of halogens is 1. The Morgan fingerprint density at radius 2 is 1.93 bits per heavy atom. The summed E-state index contributed by atoms with van der Waals surface area (Å²) >= 11 is 1.13. The number of aryl methyl sites for hydroxylation is 1. The van der Waals surface area contributed by atoms with Gasteiger partial charge in [0.25, 0.3) is 5.56 Å². The molecule has 1 aromatic carbocycles. The van der Waals surface area contributed by atoms with Gasteiger partial charge in [0.1, 0.15) is 33.0 Å². The van der Waals surface area contributed by atoms with Gasteiger partial charge in [0, 0.05) is 22.7 Å². The van der Waals surface area contributed by atoms with Crippen LogP contribution in [0.1, 0.15) is 51.8 Å². The highest BCUT2D eigenvalue weighted by Gasteiger charge is 2.36. The van der Waals surface area contributed by atoms with Crippen molar-refractivity contribution < 1.29 is 18.7 Å². The Morgan fingerprint density at radius 3 is 2.55 bits per heavy atom. The summed E-state index contributed by atoms with van der Waals surface area (Å²) in [5.41, 5.74) is -1.77. The van der Waals surface area contributed by atoms with Crippen LogP contribution < -0.4 is 21.3 Å². The minimum Gasteiger partial charge on any atom is -0.496 e. The lowest BCUT2D eigenvalue weighted by atomic mass is 10.0. The zero-order chi connectivity index (χ0) is 32.3. The average molecular weight is 624 g/mol. The quantitative estimate of drug-likeness (QED) is 0.249. The van der Waals surface area contributed by atoms with Crippen molar-refractivity contribution in [3.05, 3.63) is 80.0 Å². The van der Waals surface area contributed by atoms with Crippen LogP contribution in [0.15, 0.2) is 51.8 Å². The van der Waals surface area contributed by atoms with Crippen molar-refractivity contribution >= 4 is 27.5 Å². The minimum atomic E-state index is -1.59. The zero-order valence-electron chi connectivity index (χ0n) is 25.5. The fraction of sp³-hybridized carbons (Fsp3) is 0.400. The molecule has 0 spiro atoms. The molecule has 0 saturated carbocycles. The van der Waals surface area contributed by atoms with E-state index in [0.29, 0.717) is 32.3 Å². The van der Waals surface area contributed by atoms with Gasteiger partial charge in [-0.15, -0.1) is 4.80 Å². The second kappa shape index (κ2) is 12.9. The Kier molecular flexibility index (Phi) is 9.50. The number of fused-ring (bicyclic) bond motifs is 1. The summed E-state index contributed by atoms with van der Waals surface area (Å²) in [6.45, 7) is 9.68. The lowest BCUT2D eigenvalue weighted by molar-refractivity contribution is -0.129. The maximum atomic E-state index is 14.6. The van der Waals surface area contributed by atoms with Gasteiger partial charge in [-0.25, -0.2) is 13.8 Å². The lowest BCUT2D eigenvalue weighted by Gasteiger charge is -2.28. The smallest absolute Gasteiger partial charge is 0.333 e. The molecule has 0 bridgehead atoms. The molecule has 44 heavy (non-hydrogen) atoms. The van der Waals surface area contributed by atoms with Crippen molar-refractivity contribution in [3.8, 4) is 16.8 Å². The molecule has 3 heterocycles. The number of allylic oxidation sites excluding steroid dienone is 1. The number of amides is 1. The van der Waals surface area contributed by atoms with Crippen LogP contribution in [-0.4, -0.2) is 49.8 Å². The van der Waals surface area contributed by atoms with Gasteiger partial charge in [-0.3, -0.25) is 14.2 Å². The molecule has 0 aliphatic carbocycles. The van der Waals surface area contributed by atoms with E-state index in [0.717, 1.165) is 15.9 Å². The highest BCUT2D eigenvalue weighted by molar-refractivity contribution is 7.21. The van der Waals surface area contributed by atoms with Gasteiger partial charge >= 0.3 is 5.69 Å². The SMILES string of the molecule is COc1ccc(F)cc1[C@H](Cn1c(=O)n(C(C)(C)C(=O)NC(C)C)c(=O)c2c(C)c(-n3nccn3)sc21)OCC=C(C)C#N. The Hall–Kier alpha value is -4.61. The van der Waals surface area contributed by atoms with Gasteiger partial charge in [-0.1, -0.05) is 11.3 Å². The first-order valence-electron chi connectivity index (χ1n) is 13.8. The number of nitriles is 1. The van der Waals surface area contributed by atoms with E-state index in [9.17, 15) is 24.0 Å². The van der Waals surface area contributed by atoms with E-state index in [-0.39, 0.29) is 24.6 Å². The van der Waals surface area contributed by atoms with E-state index in [4.69, 9.17) is 9.47 Å². The monoisotopic (exact) mass is 623 g/mol. The average Bonchev–Trinajstić information content (AvgIpc) is 3.61. The molecule has 1 amide bonds. The van der Waals surface area contributed by atoms with E-state index in [2.05, 4.69) is 15.5 Å². The van der Waals surface area contributed by atoms with E-state index in [1.54, 1.807) is 33.8 Å². The summed E-state index contributed by atoms with van der Waals surface area (Å²) in [5, 5.41) is 21.1. The van der Waals surface area contributed by atoms with Crippen LogP contribution in [0.3, 0.4) is 0 Å². The van der Waals surface area contributed by atoms with Crippen molar-refractivity contribution in [3.63, 3.8) is 0 Å². The molecule has 4 aromatic rings. The first-order valence-corrected chi connectivity index (χ1v) is 14.6. The predicted octanol–water partition coefficient (Wildman–Crippen LogP) is 3.75.